The van der Waals surface area contributed by atoms with E-state index in [1.807, 2.05) is 42.5 Å². The number of hydrogen-bond donors (Lipinski definition) is 0. The van der Waals surface area contributed by atoms with Gasteiger partial charge in [0.1, 0.15) is 11.9 Å². The summed E-state index contributed by atoms with van der Waals surface area (Å²) in [5, 5.41) is 0. The Labute approximate surface area is 280 Å². The van der Waals surface area contributed by atoms with Crippen molar-refractivity contribution in [1.29, 1.82) is 0 Å². The molecule has 0 N–H and O–H groups in total. The molecule has 1 aliphatic heterocycles. The third-order valence-electron chi connectivity index (χ3n) is 8.54. The second-order valence-electron chi connectivity index (χ2n) is 12.0. The third kappa shape index (κ3) is 8.80. The lowest BCUT2D eigenvalue weighted by Crippen LogP contribution is -2.21. The van der Waals surface area contributed by atoms with Gasteiger partial charge in [-0.15, -0.1) is 6.58 Å². The average Bonchev–Trinajstić information content (AvgIpc) is 3.11. The highest BCUT2D eigenvalue weighted by atomic mass is 16.5. The first-order valence-corrected chi connectivity index (χ1v) is 16.6. The Bertz CT molecular complexity index is 1800. The van der Waals surface area contributed by atoms with Crippen LogP contribution in [0.4, 0.5) is 0 Å². The number of nitrogens with zero attached hydrogens (tertiary/aromatic N) is 3. The molecular formula is C43H45N3O. The number of allylic oxidation sites excluding steroid dienone is 13. The fourth-order valence-corrected chi connectivity index (χ4v) is 6.03. The zero-order valence-electron chi connectivity index (χ0n) is 27.9. The molecule has 4 heteroatoms. The van der Waals surface area contributed by atoms with Crippen LogP contribution in [0.15, 0.2) is 151 Å². The molecule has 0 bridgehead atoms. The molecule has 4 nitrogen and oxygen atoms in total. The summed E-state index contributed by atoms with van der Waals surface area (Å²) in [5.74, 6) is 3.27. The van der Waals surface area contributed by atoms with Crippen molar-refractivity contribution >= 4 is 11.1 Å². The van der Waals surface area contributed by atoms with Gasteiger partial charge in [0.05, 0.1) is 0 Å². The minimum atomic E-state index is 0.0206. The van der Waals surface area contributed by atoms with E-state index in [1.54, 1.807) is 6.08 Å². The number of ether oxygens (including phenoxy) is 1. The average molecular weight is 620 g/mol. The van der Waals surface area contributed by atoms with Crippen molar-refractivity contribution in [3.63, 3.8) is 0 Å². The van der Waals surface area contributed by atoms with Crippen LogP contribution in [0.5, 0.6) is 0 Å². The summed E-state index contributed by atoms with van der Waals surface area (Å²) in [4.78, 5) is 14.8. The zero-order valence-corrected chi connectivity index (χ0v) is 27.9. The molecular weight excluding hydrogens is 574 g/mol. The lowest BCUT2D eigenvalue weighted by molar-refractivity contribution is 0.142. The van der Waals surface area contributed by atoms with Crippen molar-refractivity contribution < 1.29 is 4.74 Å². The molecule has 2 heterocycles. The van der Waals surface area contributed by atoms with Crippen LogP contribution in [0.3, 0.4) is 0 Å². The highest BCUT2D eigenvalue weighted by Crippen LogP contribution is 2.35. The van der Waals surface area contributed by atoms with Crippen LogP contribution < -0.4 is 0 Å². The maximum absolute atomic E-state index is 6.42. The fourth-order valence-electron chi connectivity index (χ4n) is 6.03. The Hall–Kier alpha value is -5.09. The van der Waals surface area contributed by atoms with Crippen LogP contribution in [0.25, 0.3) is 22.5 Å². The van der Waals surface area contributed by atoms with Crippen LogP contribution in [0.2, 0.25) is 0 Å². The summed E-state index contributed by atoms with van der Waals surface area (Å²) in [6.45, 7) is 13.9. The second kappa shape index (κ2) is 16.5. The van der Waals surface area contributed by atoms with Crippen molar-refractivity contribution in [3.05, 3.63) is 174 Å². The van der Waals surface area contributed by atoms with Crippen LogP contribution in [-0.2, 0) is 11.2 Å². The summed E-state index contributed by atoms with van der Waals surface area (Å²) in [7, 11) is 0. The number of aromatic nitrogens is 3. The quantitative estimate of drug-likeness (QED) is 0.115. The molecule has 3 aromatic rings. The van der Waals surface area contributed by atoms with Gasteiger partial charge in [0.2, 0.25) is 0 Å². The summed E-state index contributed by atoms with van der Waals surface area (Å²) in [6, 6.07) is 19.1. The number of aryl methyl sites for hydroxylation is 1. The molecule has 0 radical (unpaired) electrons. The number of rotatable bonds is 12. The van der Waals surface area contributed by atoms with E-state index in [0.29, 0.717) is 5.82 Å². The molecule has 2 atom stereocenters. The van der Waals surface area contributed by atoms with Crippen LogP contribution >= 0.6 is 0 Å². The maximum Gasteiger partial charge on any atom is 0.164 e. The second-order valence-corrected chi connectivity index (χ2v) is 12.0. The van der Waals surface area contributed by atoms with Crippen molar-refractivity contribution in [2.24, 2.45) is 0 Å². The lowest BCUT2D eigenvalue weighted by atomic mass is 9.86. The Morgan fingerprint density at radius 3 is 2.60 bits per heavy atom. The SMILES string of the molecule is C=C/C=C\C=C1C=C(C)/C(=C/C)C(CCc2cccc(C3C=CC=C(c4nc(/C(C)=C/CCC=C)nc(-c5ccccc5)n4)C3)c2)O/1. The summed E-state index contributed by atoms with van der Waals surface area (Å²) < 4.78 is 6.42. The fraction of sp³-hybridized carbons (Fsp3) is 0.233. The van der Waals surface area contributed by atoms with Crippen LogP contribution in [0.1, 0.15) is 75.1 Å². The van der Waals surface area contributed by atoms with Gasteiger partial charge in [0.15, 0.2) is 17.5 Å². The van der Waals surface area contributed by atoms with Gasteiger partial charge in [0, 0.05) is 11.5 Å². The predicted octanol–water partition coefficient (Wildman–Crippen LogP) is 10.9. The number of unbranched alkanes of at least 4 members (excludes halogenated alkanes) is 1. The molecule has 2 aromatic carbocycles. The van der Waals surface area contributed by atoms with Gasteiger partial charge < -0.3 is 4.74 Å². The molecule has 1 aliphatic carbocycles. The van der Waals surface area contributed by atoms with E-state index in [0.717, 1.165) is 66.2 Å². The maximum atomic E-state index is 6.42. The zero-order chi connectivity index (χ0) is 33.0. The summed E-state index contributed by atoms with van der Waals surface area (Å²) in [6.07, 6.45) is 27.1. The molecule has 1 aromatic heterocycles. The van der Waals surface area contributed by atoms with E-state index in [2.05, 4.69) is 107 Å². The van der Waals surface area contributed by atoms with E-state index >= 15 is 0 Å². The summed E-state index contributed by atoms with van der Waals surface area (Å²) in [5.41, 5.74) is 8.26. The molecule has 47 heavy (non-hydrogen) atoms. The molecule has 0 spiro atoms. The first kappa shape index (κ1) is 33.3. The first-order chi connectivity index (χ1) is 23.0. The lowest BCUT2D eigenvalue weighted by Gasteiger charge is -2.28. The topological polar surface area (TPSA) is 47.9 Å². The largest absolute Gasteiger partial charge is 0.486 e. The normalized spacial score (nSPS) is 19.9. The van der Waals surface area contributed by atoms with E-state index < -0.39 is 0 Å². The van der Waals surface area contributed by atoms with Crippen LogP contribution in [-0.4, -0.2) is 21.1 Å². The Morgan fingerprint density at radius 2 is 1.81 bits per heavy atom. The molecule has 0 amide bonds. The summed E-state index contributed by atoms with van der Waals surface area (Å²) >= 11 is 0. The van der Waals surface area contributed by atoms with E-state index in [9.17, 15) is 0 Å². The molecule has 0 saturated carbocycles. The minimum Gasteiger partial charge on any atom is -0.486 e. The molecule has 0 fully saturated rings. The molecule has 2 unspecified atom stereocenters. The van der Waals surface area contributed by atoms with Gasteiger partial charge >= 0.3 is 0 Å². The van der Waals surface area contributed by atoms with Crippen molar-refractivity contribution in [3.8, 4) is 11.4 Å². The standard InChI is InChI=1S/C43H45N3O/c1-6-9-12-18-31(4)41-44-42(34-20-14-11-15-21-34)46-43(45-41)37-24-17-23-36(30-37)35-22-16-19-33(29-35)26-27-40-39(8-3)32(5)28-38(47-40)25-13-10-7-2/h6-8,10-11,13-25,28-29,36,40H,1-2,9,12,26-27,30H2,3-5H3/b13-10-,31-18+,38-25+,39-8-. The Kier molecular flexibility index (Phi) is 11.7. The minimum absolute atomic E-state index is 0.0206. The van der Waals surface area contributed by atoms with Gasteiger partial charge in [0.25, 0.3) is 0 Å². The van der Waals surface area contributed by atoms with Crippen molar-refractivity contribution in [2.45, 2.75) is 64.9 Å². The van der Waals surface area contributed by atoms with Crippen molar-refractivity contribution in [2.75, 3.05) is 0 Å². The third-order valence-corrected chi connectivity index (χ3v) is 8.54. The van der Waals surface area contributed by atoms with Crippen LogP contribution in [0, 0.1) is 0 Å². The van der Waals surface area contributed by atoms with Crippen molar-refractivity contribution in [1.82, 2.24) is 15.0 Å². The van der Waals surface area contributed by atoms with E-state index in [1.165, 1.54) is 22.3 Å². The molecule has 2 aliphatic rings. The predicted molar refractivity (Wildman–Crippen MR) is 197 cm³/mol. The monoisotopic (exact) mass is 619 g/mol. The number of hydrogen-bond acceptors (Lipinski definition) is 4. The van der Waals surface area contributed by atoms with E-state index in [4.69, 9.17) is 19.7 Å². The highest BCUT2D eigenvalue weighted by Gasteiger charge is 2.23. The highest BCUT2D eigenvalue weighted by molar-refractivity contribution is 5.69. The van der Waals surface area contributed by atoms with E-state index in [-0.39, 0.29) is 12.0 Å². The Morgan fingerprint density at radius 1 is 0.979 bits per heavy atom. The Balaban J connectivity index is 1.34. The molecule has 5 rings (SSSR count). The molecule has 0 saturated heterocycles. The number of benzene rings is 2. The van der Waals surface area contributed by atoms with Gasteiger partial charge in [-0.05, 0) is 98.4 Å². The van der Waals surface area contributed by atoms with Gasteiger partial charge in [-0.25, -0.2) is 15.0 Å². The molecule has 238 valence electrons. The van der Waals surface area contributed by atoms with Gasteiger partial charge in [-0.3, -0.25) is 0 Å². The first-order valence-electron chi connectivity index (χ1n) is 16.6. The smallest absolute Gasteiger partial charge is 0.164 e. The van der Waals surface area contributed by atoms with Gasteiger partial charge in [-0.1, -0.05) is 116 Å². The van der Waals surface area contributed by atoms with Gasteiger partial charge in [-0.2, -0.15) is 0 Å².